The van der Waals surface area contributed by atoms with Crippen LogP contribution in [0.2, 0.25) is 0 Å². The van der Waals surface area contributed by atoms with Crippen LogP contribution in [0.5, 0.6) is 0 Å². The van der Waals surface area contributed by atoms with E-state index in [1.165, 1.54) is 0 Å². The Hall–Kier alpha value is -3.15. The van der Waals surface area contributed by atoms with E-state index >= 15 is 0 Å². The van der Waals surface area contributed by atoms with Gasteiger partial charge in [0.2, 0.25) is 5.91 Å². The topological polar surface area (TPSA) is 84.2 Å². The Bertz CT molecular complexity index is 942. The van der Waals surface area contributed by atoms with Crippen molar-refractivity contribution in [1.82, 2.24) is 9.55 Å². The molecule has 0 aliphatic heterocycles. The molecule has 0 atom stereocenters. The van der Waals surface area contributed by atoms with E-state index in [-0.39, 0.29) is 18.7 Å². The predicted molar refractivity (Wildman–Crippen MR) is 100 cm³/mol. The minimum Gasteiger partial charge on any atom is -0.481 e. The predicted octanol–water partition coefficient (Wildman–Crippen LogP) is 3.86. The summed E-state index contributed by atoms with van der Waals surface area (Å²) >= 11 is 0. The fraction of sp³-hybridized carbons (Fsp3) is 0.250. The molecule has 26 heavy (non-hydrogen) atoms. The maximum atomic E-state index is 12.2. The zero-order valence-electron chi connectivity index (χ0n) is 14.8. The number of fused-ring (bicyclic) bond motifs is 1. The molecule has 0 fully saturated rings. The van der Waals surface area contributed by atoms with Gasteiger partial charge in [0.05, 0.1) is 17.5 Å². The van der Waals surface area contributed by atoms with Crippen molar-refractivity contribution in [2.75, 3.05) is 5.32 Å². The van der Waals surface area contributed by atoms with Gasteiger partial charge >= 0.3 is 5.97 Å². The number of hydrogen-bond donors (Lipinski definition) is 2. The lowest BCUT2D eigenvalue weighted by Gasteiger charge is -2.21. The van der Waals surface area contributed by atoms with E-state index in [9.17, 15) is 9.59 Å². The molecule has 6 nitrogen and oxygen atoms in total. The molecule has 6 heteroatoms. The van der Waals surface area contributed by atoms with E-state index in [0.29, 0.717) is 5.69 Å². The second-order valence-electron chi connectivity index (χ2n) is 7.11. The number of anilines is 1. The monoisotopic (exact) mass is 351 g/mol. The fourth-order valence-electron chi connectivity index (χ4n) is 2.98. The Labute approximate surface area is 151 Å². The average molecular weight is 351 g/mol. The number of carboxylic acids is 1. The Morgan fingerprint density at radius 1 is 1.08 bits per heavy atom. The number of imidazole rings is 1. The average Bonchev–Trinajstić information content (AvgIpc) is 2.97. The normalized spacial score (nSPS) is 11.5. The molecule has 3 rings (SSSR count). The van der Waals surface area contributed by atoms with Crippen molar-refractivity contribution < 1.29 is 14.7 Å². The number of carbonyl (C=O) groups excluding carboxylic acids is 1. The third-order valence-electron chi connectivity index (χ3n) is 4.15. The van der Waals surface area contributed by atoms with E-state index in [1.807, 2.05) is 53.1 Å². The molecule has 0 spiro atoms. The lowest BCUT2D eigenvalue weighted by Crippen LogP contribution is -2.24. The van der Waals surface area contributed by atoms with Crippen LogP contribution < -0.4 is 5.32 Å². The summed E-state index contributed by atoms with van der Waals surface area (Å²) in [6.07, 6.45) is 1.87. The third kappa shape index (κ3) is 4.08. The second kappa shape index (κ2) is 7.00. The van der Waals surface area contributed by atoms with E-state index < -0.39 is 11.4 Å². The molecule has 0 saturated heterocycles. The minimum atomic E-state index is -0.903. The van der Waals surface area contributed by atoms with Crippen LogP contribution in [0.1, 0.15) is 26.7 Å². The van der Waals surface area contributed by atoms with Gasteiger partial charge in [0.25, 0.3) is 0 Å². The lowest BCUT2D eigenvalue weighted by atomic mass is 9.85. The fourth-order valence-corrected chi connectivity index (χ4v) is 2.98. The van der Waals surface area contributed by atoms with Gasteiger partial charge in [-0.15, -0.1) is 0 Å². The number of amides is 1. The smallest absolute Gasteiger partial charge is 0.303 e. The molecule has 2 aromatic carbocycles. The first-order chi connectivity index (χ1) is 12.3. The Kier molecular flexibility index (Phi) is 4.75. The number of rotatable bonds is 6. The number of carbonyl (C=O) groups is 2. The summed E-state index contributed by atoms with van der Waals surface area (Å²) in [5.41, 5.74) is 2.97. The first-order valence-corrected chi connectivity index (χ1v) is 8.38. The number of aromatic nitrogens is 2. The highest BCUT2D eigenvalue weighted by Gasteiger charge is 2.25. The van der Waals surface area contributed by atoms with Crippen molar-refractivity contribution in [3.63, 3.8) is 0 Å². The summed E-state index contributed by atoms with van der Waals surface area (Å²) < 4.78 is 1.98. The number of aliphatic carboxylic acids is 1. The van der Waals surface area contributed by atoms with Crippen molar-refractivity contribution in [2.45, 2.75) is 26.7 Å². The maximum absolute atomic E-state index is 12.2. The van der Waals surface area contributed by atoms with E-state index in [2.05, 4.69) is 10.3 Å². The van der Waals surface area contributed by atoms with Crippen molar-refractivity contribution >= 4 is 28.6 Å². The molecule has 0 aliphatic carbocycles. The van der Waals surface area contributed by atoms with Gasteiger partial charge < -0.3 is 10.4 Å². The second-order valence-corrected chi connectivity index (χ2v) is 7.11. The van der Waals surface area contributed by atoms with Crippen LogP contribution >= 0.6 is 0 Å². The largest absolute Gasteiger partial charge is 0.481 e. The zero-order valence-corrected chi connectivity index (χ0v) is 14.8. The molecule has 0 unspecified atom stereocenters. The van der Waals surface area contributed by atoms with Crippen molar-refractivity contribution in [1.29, 1.82) is 0 Å². The van der Waals surface area contributed by atoms with Gasteiger partial charge in [-0.1, -0.05) is 26.0 Å². The van der Waals surface area contributed by atoms with Gasteiger partial charge in [-0.2, -0.15) is 0 Å². The standard InChI is InChI=1S/C20H21N3O3/c1-20(2,12-19(25)26)11-18(24)22-14-7-9-15(10-8-14)23-13-21-16-5-3-4-6-17(16)23/h3-10,13H,11-12H2,1-2H3,(H,22,24)(H,25,26). The molecule has 0 bridgehead atoms. The van der Waals surface area contributed by atoms with Crippen LogP contribution in [0.3, 0.4) is 0 Å². The van der Waals surface area contributed by atoms with Crippen molar-refractivity contribution in [2.24, 2.45) is 5.41 Å². The molecule has 0 aliphatic rings. The van der Waals surface area contributed by atoms with Crippen LogP contribution in [0.4, 0.5) is 5.69 Å². The molecule has 1 aromatic heterocycles. The molecular formula is C20H21N3O3. The number of hydrogen-bond acceptors (Lipinski definition) is 3. The van der Waals surface area contributed by atoms with Gasteiger partial charge in [0.1, 0.15) is 6.33 Å². The van der Waals surface area contributed by atoms with Gasteiger partial charge in [-0.25, -0.2) is 4.98 Å². The SMILES string of the molecule is CC(C)(CC(=O)O)CC(=O)Nc1ccc(-n2cnc3ccccc32)cc1. The summed E-state index contributed by atoms with van der Waals surface area (Å²) in [6, 6.07) is 15.3. The van der Waals surface area contributed by atoms with Gasteiger partial charge in [-0.05, 0) is 41.8 Å². The van der Waals surface area contributed by atoms with Gasteiger partial charge in [-0.3, -0.25) is 14.2 Å². The summed E-state index contributed by atoms with van der Waals surface area (Å²) in [4.78, 5) is 27.4. The number of nitrogens with one attached hydrogen (secondary N) is 1. The number of nitrogens with zero attached hydrogens (tertiary/aromatic N) is 2. The first kappa shape index (κ1) is 17.7. The van der Waals surface area contributed by atoms with Gasteiger partial charge in [0, 0.05) is 17.8 Å². The first-order valence-electron chi connectivity index (χ1n) is 8.38. The van der Waals surface area contributed by atoms with Crippen LogP contribution in [0, 0.1) is 5.41 Å². The van der Waals surface area contributed by atoms with Gasteiger partial charge in [0.15, 0.2) is 0 Å². The Balaban J connectivity index is 1.70. The van der Waals surface area contributed by atoms with Crippen LogP contribution in [-0.4, -0.2) is 26.5 Å². The number of carboxylic acid groups (broad SMARTS) is 1. The maximum Gasteiger partial charge on any atom is 0.303 e. The van der Waals surface area contributed by atoms with Crippen molar-refractivity contribution in [3.8, 4) is 5.69 Å². The molecule has 3 aromatic rings. The summed E-state index contributed by atoms with van der Waals surface area (Å²) in [7, 11) is 0. The highest BCUT2D eigenvalue weighted by Crippen LogP contribution is 2.26. The molecule has 1 heterocycles. The van der Waals surface area contributed by atoms with Crippen molar-refractivity contribution in [3.05, 3.63) is 54.9 Å². The van der Waals surface area contributed by atoms with Crippen LogP contribution in [0.15, 0.2) is 54.9 Å². The highest BCUT2D eigenvalue weighted by atomic mass is 16.4. The molecular weight excluding hydrogens is 330 g/mol. The van der Waals surface area contributed by atoms with E-state index in [0.717, 1.165) is 16.7 Å². The highest BCUT2D eigenvalue weighted by molar-refractivity contribution is 5.91. The molecule has 0 saturated carbocycles. The molecule has 134 valence electrons. The molecule has 1 amide bonds. The lowest BCUT2D eigenvalue weighted by molar-refractivity contribution is -0.139. The van der Waals surface area contributed by atoms with E-state index in [4.69, 9.17) is 5.11 Å². The summed E-state index contributed by atoms with van der Waals surface area (Å²) in [6.45, 7) is 3.54. The summed E-state index contributed by atoms with van der Waals surface area (Å²) in [5, 5.41) is 11.7. The van der Waals surface area contributed by atoms with Crippen LogP contribution in [-0.2, 0) is 9.59 Å². The zero-order chi connectivity index (χ0) is 18.7. The minimum absolute atomic E-state index is 0.0486. The Morgan fingerprint density at radius 3 is 2.46 bits per heavy atom. The number of benzene rings is 2. The third-order valence-corrected chi connectivity index (χ3v) is 4.15. The quantitative estimate of drug-likeness (QED) is 0.706. The summed E-state index contributed by atoms with van der Waals surface area (Å²) in [5.74, 6) is -1.10. The Morgan fingerprint density at radius 2 is 1.77 bits per heavy atom. The molecule has 2 N–H and O–H groups in total. The van der Waals surface area contributed by atoms with E-state index in [1.54, 1.807) is 20.2 Å². The molecule has 0 radical (unpaired) electrons. The number of para-hydroxylation sites is 2. The van der Waals surface area contributed by atoms with Crippen LogP contribution in [0.25, 0.3) is 16.7 Å².